The summed E-state index contributed by atoms with van der Waals surface area (Å²) in [7, 11) is 0. The first-order valence-corrected chi connectivity index (χ1v) is 11.4. The molecule has 1 saturated carbocycles. The van der Waals surface area contributed by atoms with Gasteiger partial charge in [-0.1, -0.05) is 54.8 Å². The average Bonchev–Trinajstić information content (AvgIpc) is 3.34. The second-order valence-corrected chi connectivity index (χ2v) is 8.73. The highest BCUT2D eigenvalue weighted by Gasteiger charge is 2.28. The third-order valence-electron chi connectivity index (χ3n) is 6.37. The number of nitrogens with zero attached hydrogens (tertiary/aromatic N) is 2. The van der Waals surface area contributed by atoms with Crippen molar-refractivity contribution >= 4 is 17.5 Å². The van der Waals surface area contributed by atoms with Crippen molar-refractivity contribution in [3.05, 3.63) is 65.2 Å². The fourth-order valence-electron chi connectivity index (χ4n) is 4.50. The van der Waals surface area contributed by atoms with Crippen molar-refractivity contribution in [1.82, 2.24) is 4.90 Å². The Labute approximate surface area is 185 Å². The van der Waals surface area contributed by atoms with Crippen LogP contribution >= 0.6 is 0 Å². The van der Waals surface area contributed by atoms with Crippen LogP contribution in [0.1, 0.15) is 42.4 Å². The van der Waals surface area contributed by atoms with Crippen molar-refractivity contribution < 1.29 is 14.3 Å². The molecule has 1 heterocycles. The summed E-state index contributed by atoms with van der Waals surface area (Å²) in [6.07, 6.45) is 4.55. The smallest absolute Gasteiger partial charge is 0.230 e. The lowest BCUT2D eigenvalue weighted by Crippen LogP contribution is -2.41. The monoisotopic (exact) mass is 420 g/mol. The van der Waals surface area contributed by atoms with Crippen molar-refractivity contribution in [3.63, 3.8) is 0 Å². The minimum absolute atomic E-state index is 0.101. The molecule has 2 fully saturated rings. The summed E-state index contributed by atoms with van der Waals surface area (Å²) in [4.78, 5) is 29.9. The molecule has 1 aliphatic heterocycles. The average molecular weight is 421 g/mol. The van der Waals surface area contributed by atoms with Crippen LogP contribution in [0.5, 0.6) is 0 Å². The molecule has 0 atom stereocenters. The first-order valence-electron chi connectivity index (χ1n) is 11.4. The van der Waals surface area contributed by atoms with Crippen molar-refractivity contribution in [3.8, 4) is 0 Å². The van der Waals surface area contributed by atoms with Crippen LogP contribution in [0.25, 0.3) is 0 Å². The SMILES string of the molecule is Cc1ccc(CN(C(=O)C2CCCC2)c2cccc(CC(=O)N3CCOCC3)c2)cc1. The number of hydrogen-bond donors (Lipinski definition) is 0. The molecule has 0 N–H and O–H groups in total. The molecule has 2 aliphatic rings. The number of carbonyl (C=O) groups excluding carboxylic acids is 2. The Kier molecular flexibility index (Phi) is 7.03. The summed E-state index contributed by atoms with van der Waals surface area (Å²) >= 11 is 0. The lowest BCUT2D eigenvalue weighted by atomic mass is 10.0. The molecule has 1 saturated heterocycles. The van der Waals surface area contributed by atoms with Gasteiger partial charge in [0.25, 0.3) is 0 Å². The van der Waals surface area contributed by atoms with E-state index in [-0.39, 0.29) is 17.7 Å². The fourth-order valence-corrected chi connectivity index (χ4v) is 4.50. The van der Waals surface area contributed by atoms with Gasteiger partial charge in [0.1, 0.15) is 0 Å². The summed E-state index contributed by atoms with van der Waals surface area (Å²) in [5, 5.41) is 0. The minimum Gasteiger partial charge on any atom is -0.378 e. The van der Waals surface area contributed by atoms with Gasteiger partial charge in [-0.3, -0.25) is 9.59 Å². The molecule has 5 heteroatoms. The van der Waals surface area contributed by atoms with Crippen LogP contribution in [0, 0.1) is 12.8 Å². The zero-order valence-electron chi connectivity index (χ0n) is 18.4. The van der Waals surface area contributed by atoms with Gasteiger partial charge in [-0.15, -0.1) is 0 Å². The Bertz CT molecular complexity index is 897. The number of hydrogen-bond acceptors (Lipinski definition) is 3. The molecule has 2 amide bonds. The lowest BCUT2D eigenvalue weighted by molar-refractivity contribution is -0.134. The Morgan fingerprint density at radius 2 is 1.71 bits per heavy atom. The molecule has 2 aromatic carbocycles. The highest BCUT2D eigenvalue weighted by molar-refractivity contribution is 5.95. The van der Waals surface area contributed by atoms with E-state index < -0.39 is 0 Å². The standard InChI is InChI=1S/C26H32N2O3/c1-20-9-11-21(12-10-20)19-28(26(30)23-6-2-3-7-23)24-8-4-5-22(17-24)18-25(29)27-13-15-31-16-14-27/h4-5,8-12,17,23H,2-3,6-7,13-16,18-19H2,1H3. The molecule has 1 aliphatic carbocycles. The van der Waals surface area contributed by atoms with Gasteiger partial charge < -0.3 is 14.5 Å². The molecule has 31 heavy (non-hydrogen) atoms. The van der Waals surface area contributed by atoms with Crippen LogP contribution in [0.2, 0.25) is 0 Å². The van der Waals surface area contributed by atoms with Crippen LogP contribution < -0.4 is 4.90 Å². The van der Waals surface area contributed by atoms with Gasteiger partial charge in [0.2, 0.25) is 11.8 Å². The number of rotatable bonds is 6. The molecular weight excluding hydrogens is 388 g/mol. The van der Waals surface area contributed by atoms with Crippen molar-refractivity contribution in [2.45, 2.75) is 45.6 Å². The van der Waals surface area contributed by atoms with Gasteiger partial charge in [0.15, 0.2) is 0 Å². The van der Waals surface area contributed by atoms with E-state index in [9.17, 15) is 9.59 Å². The van der Waals surface area contributed by atoms with Gasteiger partial charge in [-0.05, 0) is 43.0 Å². The summed E-state index contributed by atoms with van der Waals surface area (Å²) in [6, 6.07) is 16.3. The van der Waals surface area contributed by atoms with E-state index in [1.165, 1.54) is 5.56 Å². The highest BCUT2D eigenvalue weighted by atomic mass is 16.5. The van der Waals surface area contributed by atoms with Crippen molar-refractivity contribution in [2.75, 3.05) is 31.2 Å². The molecule has 0 aromatic heterocycles. The van der Waals surface area contributed by atoms with Crippen LogP contribution in [0.15, 0.2) is 48.5 Å². The van der Waals surface area contributed by atoms with E-state index in [4.69, 9.17) is 4.74 Å². The van der Waals surface area contributed by atoms with Crippen LogP contribution in [-0.2, 0) is 27.3 Å². The van der Waals surface area contributed by atoms with E-state index in [0.29, 0.717) is 39.3 Å². The Hall–Kier alpha value is -2.66. The number of morpholine rings is 1. The minimum atomic E-state index is 0.101. The molecular formula is C26H32N2O3. The zero-order valence-corrected chi connectivity index (χ0v) is 18.4. The second kappa shape index (κ2) is 10.1. The number of ether oxygens (including phenoxy) is 1. The van der Waals surface area contributed by atoms with Gasteiger partial charge in [0.05, 0.1) is 26.2 Å². The van der Waals surface area contributed by atoms with E-state index in [0.717, 1.165) is 42.5 Å². The van der Waals surface area contributed by atoms with E-state index in [2.05, 4.69) is 31.2 Å². The van der Waals surface area contributed by atoms with Crippen LogP contribution in [-0.4, -0.2) is 43.0 Å². The highest BCUT2D eigenvalue weighted by Crippen LogP contribution is 2.30. The van der Waals surface area contributed by atoms with Gasteiger partial charge in [-0.25, -0.2) is 0 Å². The molecule has 5 nitrogen and oxygen atoms in total. The molecule has 0 bridgehead atoms. The molecule has 164 valence electrons. The number of aryl methyl sites for hydroxylation is 1. The molecule has 0 spiro atoms. The Morgan fingerprint density at radius 3 is 2.42 bits per heavy atom. The lowest BCUT2D eigenvalue weighted by Gasteiger charge is -2.28. The quantitative estimate of drug-likeness (QED) is 0.706. The van der Waals surface area contributed by atoms with Crippen molar-refractivity contribution in [2.24, 2.45) is 5.92 Å². The maximum atomic E-state index is 13.4. The predicted molar refractivity (Wildman–Crippen MR) is 122 cm³/mol. The Morgan fingerprint density at radius 1 is 1.00 bits per heavy atom. The van der Waals surface area contributed by atoms with Crippen LogP contribution in [0.3, 0.4) is 0 Å². The fraction of sp³-hybridized carbons (Fsp3) is 0.462. The topological polar surface area (TPSA) is 49.9 Å². The van der Waals surface area contributed by atoms with E-state index in [1.54, 1.807) is 0 Å². The third kappa shape index (κ3) is 5.53. The maximum absolute atomic E-state index is 13.4. The first-order chi connectivity index (χ1) is 15.1. The summed E-state index contributed by atoms with van der Waals surface area (Å²) in [6.45, 7) is 5.13. The van der Waals surface area contributed by atoms with Crippen molar-refractivity contribution in [1.29, 1.82) is 0 Å². The second-order valence-electron chi connectivity index (χ2n) is 8.73. The molecule has 0 unspecified atom stereocenters. The predicted octanol–water partition coefficient (Wildman–Crippen LogP) is 4.12. The normalized spacial score (nSPS) is 17.0. The van der Waals surface area contributed by atoms with Gasteiger partial charge >= 0.3 is 0 Å². The molecule has 4 rings (SSSR count). The zero-order chi connectivity index (χ0) is 21.6. The molecule has 2 aromatic rings. The first kappa shape index (κ1) is 21.6. The van der Waals surface area contributed by atoms with Gasteiger partial charge in [0, 0.05) is 24.7 Å². The number of amides is 2. The largest absolute Gasteiger partial charge is 0.378 e. The third-order valence-corrected chi connectivity index (χ3v) is 6.37. The Balaban J connectivity index is 1.55. The molecule has 0 radical (unpaired) electrons. The van der Waals surface area contributed by atoms with E-state index >= 15 is 0 Å². The maximum Gasteiger partial charge on any atom is 0.230 e. The van der Waals surface area contributed by atoms with E-state index in [1.807, 2.05) is 34.1 Å². The summed E-state index contributed by atoms with van der Waals surface area (Å²) in [5.41, 5.74) is 4.15. The van der Waals surface area contributed by atoms with Gasteiger partial charge in [-0.2, -0.15) is 0 Å². The number of carbonyl (C=O) groups is 2. The summed E-state index contributed by atoms with van der Waals surface area (Å²) < 4.78 is 5.35. The number of benzene rings is 2. The summed E-state index contributed by atoms with van der Waals surface area (Å²) in [5.74, 6) is 0.423. The number of anilines is 1. The van der Waals surface area contributed by atoms with Crippen LogP contribution in [0.4, 0.5) is 5.69 Å².